The van der Waals surface area contributed by atoms with Crippen molar-refractivity contribution in [1.29, 1.82) is 0 Å². The number of nitrogens with one attached hydrogen (secondary N) is 2. The molecule has 0 aromatic heterocycles. The van der Waals surface area contributed by atoms with Crippen molar-refractivity contribution < 1.29 is 47.6 Å². The predicted molar refractivity (Wildman–Crippen MR) is 203 cm³/mol. The van der Waals surface area contributed by atoms with E-state index in [1.54, 1.807) is 51.3 Å². The lowest BCUT2D eigenvalue weighted by molar-refractivity contribution is -0.156. The molecule has 1 fully saturated rings. The fourth-order valence-electron chi connectivity index (χ4n) is 4.94. The Hall–Kier alpha value is -2.76. The normalized spacial score (nSPS) is 16.0. The average Bonchev–Trinajstić information content (AvgIpc) is 3.01. The van der Waals surface area contributed by atoms with Crippen LogP contribution in [0.4, 0.5) is 9.59 Å². The largest absolute Gasteiger partial charge is 0.459 e. The van der Waals surface area contributed by atoms with Crippen LogP contribution in [0.15, 0.2) is 0 Å². The first kappa shape index (κ1) is 48.3. The van der Waals surface area contributed by atoms with Crippen LogP contribution in [-0.2, 0) is 38.0 Å². The van der Waals surface area contributed by atoms with Crippen molar-refractivity contribution in [2.45, 2.75) is 92.0 Å². The molecule has 1 aliphatic heterocycles. The van der Waals surface area contributed by atoms with Gasteiger partial charge in [0.1, 0.15) is 16.8 Å². The zero-order chi connectivity index (χ0) is 39.9. The molecule has 0 aromatic rings. The highest BCUT2D eigenvalue weighted by Crippen LogP contribution is 2.14. The zero-order valence-electron chi connectivity index (χ0n) is 34.5. The van der Waals surface area contributed by atoms with E-state index in [4.69, 9.17) is 28.4 Å². The van der Waals surface area contributed by atoms with Crippen molar-refractivity contribution in [3.05, 3.63) is 0 Å². The number of amides is 3. The van der Waals surface area contributed by atoms with Crippen molar-refractivity contribution in [2.24, 2.45) is 0 Å². The lowest BCUT2D eigenvalue weighted by Crippen LogP contribution is -2.51. The lowest BCUT2D eigenvalue weighted by atomic mass is 10.2. The van der Waals surface area contributed by atoms with E-state index in [2.05, 4.69) is 10.6 Å². The van der Waals surface area contributed by atoms with E-state index in [1.165, 1.54) is 0 Å². The Bertz CT molecular complexity index is 1060. The first-order valence-electron chi connectivity index (χ1n) is 19.0. The molecule has 310 valence electrons. The molecular formula is C37H72N6O10. The molecule has 1 aliphatic rings. The third-order valence-electron chi connectivity index (χ3n) is 7.44. The van der Waals surface area contributed by atoms with Gasteiger partial charge in [-0.2, -0.15) is 0 Å². The average molecular weight is 761 g/mol. The minimum Gasteiger partial charge on any atom is -0.459 e. The Kier molecular flexibility index (Phi) is 23.1. The minimum absolute atomic E-state index is 0.0132. The third-order valence-corrected chi connectivity index (χ3v) is 7.44. The van der Waals surface area contributed by atoms with Gasteiger partial charge in [-0.1, -0.05) is 0 Å². The number of rotatable bonds is 18. The number of nitrogens with zero attached hydrogens (tertiary/aromatic N) is 4. The summed E-state index contributed by atoms with van der Waals surface area (Å²) in [6, 6.07) is 0. The van der Waals surface area contributed by atoms with Crippen LogP contribution >= 0.6 is 0 Å². The first-order chi connectivity index (χ1) is 24.8. The fraction of sp³-hybridized carbons (Fsp3) is 0.892. The van der Waals surface area contributed by atoms with Crippen LogP contribution in [0.25, 0.3) is 0 Å². The van der Waals surface area contributed by atoms with Gasteiger partial charge in [-0.15, -0.1) is 0 Å². The highest BCUT2D eigenvalue weighted by molar-refractivity contribution is 5.78. The van der Waals surface area contributed by atoms with Crippen LogP contribution in [0.2, 0.25) is 0 Å². The van der Waals surface area contributed by atoms with E-state index in [1.807, 2.05) is 37.6 Å². The minimum atomic E-state index is -0.717. The molecule has 53 heavy (non-hydrogen) atoms. The molecule has 0 aromatic carbocycles. The van der Waals surface area contributed by atoms with Crippen LogP contribution in [0, 0.1) is 0 Å². The first-order valence-corrected chi connectivity index (χ1v) is 19.0. The Morgan fingerprint density at radius 1 is 0.509 bits per heavy atom. The van der Waals surface area contributed by atoms with Gasteiger partial charge < -0.3 is 48.9 Å². The topological polar surface area (TPSA) is 161 Å². The van der Waals surface area contributed by atoms with E-state index in [0.29, 0.717) is 78.8 Å². The monoisotopic (exact) mass is 761 g/mol. The maximum Gasteiger partial charge on any atom is 0.410 e. The number of carbonyl (C=O) groups excluding carboxylic acids is 4. The van der Waals surface area contributed by atoms with Crippen LogP contribution < -0.4 is 10.6 Å². The van der Waals surface area contributed by atoms with Gasteiger partial charge in [0.2, 0.25) is 5.91 Å². The Balaban J connectivity index is 2.86. The summed E-state index contributed by atoms with van der Waals surface area (Å²) in [5.41, 5.74) is -2.08. The molecule has 0 atom stereocenters. The summed E-state index contributed by atoms with van der Waals surface area (Å²) in [5, 5.41) is 6.04. The second-order valence-corrected chi connectivity index (χ2v) is 16.1. The van der Waals surface area contributed by atoms with E-state index in [9.17, 15) is 19.2 Å². The molecule has 16 heteroatoms. The van der Waals surface area contributed by atoms with Crippen molar-refractivity contribution in [3.8, 4) is 0 Å². The van der Waals surface area contributed by atoms with E-state index >= 15 is 0 Å². The SMILES string of the molecule is CNCCCOCCOCCOCCCNC(=O)CN1CCN(CC(=O)OC(C)(C)C)CCN(C(=O)OC(C)(C)C)CCN(C(=O)OC(C)(C)C)CC1. The van der Waals surface area contributed by atoms with Crippen LogP contribution in [0.1, 0.15) is 75.2 Å². The third kappa shape index (κ3) is 26.6. The summed E-state index contributed by atoms with van der Waals surface area (Å²) in [6.07, 6.45) is 0.593. The van der Waals surface area contributed by atoms with Crippen LogP contribution in [-0.4, -0.2) is 186 Å². The quantitative estimate of drug-likeness (QED) is 0.119. The van der Waals surface area contributed by atoms with Gasteiger partial charge in [0.25, 0.3) is 0 Å². The van der Waals surface area contributed by atoms with E-state index < -0.39 is 29.0 Å². The molecule has 2 N–H and O–H groups in total. The molecule has 0 aliphatic carbocycles. The molecule has 1 saturated heterocycles. The summed E-state index contributed by atoms with van der Waals surface area (Å²) in [4.78, 5) is 59.5. The predicted octanol–water partition coefficient (Wildman–Crippen LogP) is 2.59. The molecular weight excluding hydrogens is 688 g/mol. The number of hydrogen-bond donors (Lipinski definition) is 2. The van der Waals surface area contributed by atoms with Gasteiger partial charge in [-0.3, -0.25) is 19.4 Å². The van der Waals surface area contributed by atoms with Gasteiger partial charge >= 0.3 is 18.2 Å². The maximum absolute atomic E-state index is 13.3. The van der Waals surface area contributed by atoms with Crippen molar-refractivity contribution in [1.82, 2.24) is 30.2 Å². The Morgan fingerprint density at radius 3 is 1.32 bits per heavy atom. The smallest absolute Gasteiger partial charge is 0.410 e. The molecule has 3 amide bonds. The van der Waals surface area contributed by atoms with E-state index in [0.717, 1.165) is 13.0 Å². The molecule has 1 heterocycles. The molecule has 0 spiro atoms. The molecule has 16 nitrogen and oxygen atoms in total. The Labute approximate surface area is 318 Å². The molecule has 0 radical (unpaired) electrons. The van der Waals surface area contributed by atoms with Gasteiger partial charge in [-0.25, -0.2) is 9.59 Å². The number of carbonyl (C=O) groups is 4. The molecule has 1 rings (SSSR count). The maximum atomic E-state index is 13.3. The van der Waals surface area contributed by atoms with Crippen LogP contribution in [0.5, 0.6) is 0 Å². The second-order valence-electron chi connectivity index (χ2n) is 16.1. The zero-order valence-corrected chi connectivity index (χ0v) is 34.5. The van der Waals surface area contributed by atoms with Crippen molar-refractivity contribution >= 4 is 24.1 Å². The van der Waals surface area contributed by atoms with Gasteiger partial charge in [0.15, 0.2) is 0 Å². The summed E-state index contributed by atoms with van der Waals surface area (Å²) in [6.45, 7) is 23.4. The molecule has 0 saturated carbocycles. The molecule has 0 bridgehead atoms. The lowest BCUT2D eigenvalue weighted by Gasteiger charge is -2.35. The van der Waals surface area contributed by atoms with Crippen molar-refractivity contribution in [3.63, 3.8) is 0 Å². The van der Waals surface area contributed by atoms with E-state index in [-0.39, 0.29) is 51.1 Å². The fourth-order valence-corrected chi connectivity index (χ4v) is 4.94. The summed E-state index contributed by atoms with van der Waals surface area (Å²) >= 11 is 0. The van der Waals surface area contributed by atoms with Gasteiger partial charge in [0.05, 0.1) is 39.5 Å². The Morgan fingerprint density at radius 2 is 0.887 bits per heavy atom. The summed E-state index contributed by atoms with van der Waals surface area (Å²) in [5.74, 6) is -0.541. The number of esters is 1. The van der Waals surface area contributed by atoms with Gasteiger partial charge in [0, 0.05) is 72.1 Å². The number of ether oxygens (including phenoxy) is 6. The summed E-state index contributed by atoms with van der Waals surface area (Å²) in [7, 11) is 1.92. The summed E-state index contributed by atoms with van der Waals surface area (Å²) < 4.78 is 33.6. The van der Waals surface area contributed by atoms with Gasteiger partial charge in [-0.05, 0) is 88.7 Å². The van der Waals surface area contributed by atoms with Crippen molar-refractivity contribution in [2.75, 3.05) is 125 Å². The second kappa shape index (κ2) is 25.3. The molecule has 0 unspecified atom stereocenters. The highest BCUT2D eigenvalue weighted by atomic mass is 16.6. The number of hydrogen-bond acceptors (Lipinski definition) is 13. The highest BCUT2D eigenvalue weighted by Gasteiger charge is 2.28. The standard InChI is InChI=1S/C37H72N6O10/c1-35(2,3)51-32(45)30-41-16-15-40(29-31(44)39-14-12-24-49-26-28-50-27-25-48-23-11-13-38-10)17-19-42(33(46)52-36(4,5)6)21-22-43(20-18-41)34(47)53-37(7,8)9/h38H,11-30H2,1-10H3,(H,39,44). The van der Waals surface area contributed by atoms with Crippen LogP contribution in [0.3, 0.4) is 0 Å².